The van der Waals surface area contributed by atoms with Crippen molar-refractivity contribution in [2.24, 2.45) is 0 Å². The standard InChI is InChI=1S/C22H13ClO7/c23-14-6-12(21-13(7-14)10-26-11-28-21)8-19-20(24)16-4-3-15(9-18(16)30-19)29-22(25)17-2-1-5-27-17/h1-9H,10-11H2. The molecule has 0 fully saturated rings. The van der Waals surface area contributed by atoms with Gasteiger partial charge in [-0.25, -0.2) is 4.79 Å². The minimum Gasteiger partial charge on any atom is -0.467 e. The molecule has 2 aromatic carbocycles. The van der Waals surface area contributed by atoms with E-state index >= 15 is 0 Å². The lowest BCUT2D eigenvalue weighted by Gasteiger charge is -2.20. The maximum atomic E-state index is 12.8. The van der Waals surface area contributed by atoms with Crippen LogP contribution in [0.15, 0.2) is 58.9 Å². The van der Waals surface area contributed by atoms with Crippen molar-refractivity contribution in [3.8, 4) is 17.2 Å². The third-order valence-corrected chi connectivity index (χ3v) is 4.78. The van der Waals surface area contributed by atoms with E-state index in [9.17, 15) is 9.59 Å². The molecule has 7 nitrogen and oxygen atoms in total. The maximum Gasteiger partial charge on any atom is 0.379 e. The molecule has 0 amide bonds. The second kappa shape index (κ2) is 7.37. The predicted octanol–water partition coefficient (Wildman–Crippen LogP) is 4.63. The number of ketones is 1. The van der Waals surface area contributed by atoms with Gasteiger partial charge in [-0.2, -0.15) is 0 Å². The molecule has 0 saturated carbocycles. The summed E-state index contributed by atoms with van der Waals surface area (Å²) in [6.07, 6.45) is 2.95. The number of fused-ring (bicyclic) bond motifs is 2. The van der Waals surface area contributed by atoms with Gasteiger partial charge in [0.1, 0.15) is 17.2 Å². The van der Waals surface area contributed by atoms with Crippen LogP contribution >= 0.6 is 11.6 Å². The third-order valence-electron chi connectivity index (χ3n) is 4.56. The lowest BCUT2D eigenvalue weighted by atomic mass is 10.1. The van der Waals surface area contributed by atoms with E-state index in [1.165, 1.54) is 24.5 Å². The minimum absolute atomic E-state index is 0.0720. The number of rotatable bonds is 3. The van der Waals surface area contributed by atoms with Crippen molar-refractivity contribution < 1.29 is 33.0 Å². The van der Waals surface area contributed by atoms with Gasteiger partial charge in [0.05, 0.1) is 18.4 Å². The average molecular weight is 425 g/mol. The van der Waals surface area contributed by atoms with Crippen LogP contribution in [0.4, 0.5) is 0 Å². The number of Topliss-reactive ketones (excluding diaryl/α,β-unsaturated/α-hetero) is 1. The van der Waals surface area contributed by atoms with Gasteiger partial charge in [-0.15, -0.1) is 0 Å². The Bertz CT molecular complexity index is 1190. The van der Waals surface area contributed by atoms with Gasteiger partial charge in [-0.3, -0.25) is 4.79 Å². The Hall–Kier alpha value is -3.55. The largest absolute Gasteiger partial charge is 0.467 e. The molecule has 0 N–H and O–H groups in total. The van der Waals surface area contributed by atoms with Gasteiger partial charge in [-0.1, -0.05) is 11.6 Å². The molecule has 0 radical (unpaired) electrons. The van der Waals surface area contributed by atoms with Crippen LogP contribution in [0.1, 0.15) is 32.0 Å². The fraction of sp³-hybridized carbons (Fsp3) is 0.0909. The number of halogens is 1. The number of hydrogen-bond acceptors (Lipinski definition) is 7. The van der Waals surface area contributed by atoms with Crippen molar-refractivity contribution in [1.29, 1.82) is 0 Å². The molecule has 5 rings (SSSR count). The molecular formula is C22H13ClO7. The van der Waals surface area contributed by atoms with Crippen LogP contribution in [0.25, 0.3) is 6.08 Å². The highest BCUT2D eigenvalue weighted by atomic mass is 35.5. The maximum absolute atomic E-state index is 12.8. The number of ether oxygens (including phenoxy) is 4. The van der Waals surface area contributed by atoms with E-state index in [4.69, 9.17) is 35.0 Å². The van der Waals surface area contributed by atoms with E-state index < -0.39 is 5.97 Å². The van der Waals surface area contributed by atoms with Crippen molar-refractivity contribution in [2.45, 2.75) is 6.61 Å². The molecule has 2 aliphatic heterocycles. The van der Waals surface area contributed by atoms with E-state index in [2.05, 4.69) is 0 Å². The molecule has 0 bridgehead atoms. The first-order valence-corrected chi connectivity index (χ1v) is 9.33. The van der Waals surface area contributed by atoms with Gasteiger partial charge < -0.3 is 23.4 Å². The van der Waals surface area contributed by atoms with Crippen LogP contribution in [0.3, 0.4) is 0 Å². The molecule has 0 saturated heterocycles. The highest BCUT2D eigenvalue weighted by Gasteiger charge is 2.29. The monoisotopic (exact) mass is 424 g/mol. The highest BCUT2D eigenvalue weighted by Crippen LogP contribution is 2.38. The van der Waals surface area contributed by atoms with Gasteiger partial charge in [-0.05, 0) is 42.5 Å². The van der Waals surface area contributed by atoms with Crippen molar-refractivity contribution in [3.63, 3.8) is 0 Å². The van der Waals surface area contributed by atoms with Crippen molar-refractivity contribution >= 4 is 29.4 Å². The van der Waals surface area contributed by atoms with Crippen molar-refractivity contribution in [3.05, 3.63) is 82.0 Å². The molecule has 8 heteroatoms. The van der Waals surface area contributed by atoms with Crippen LogP contribution in [0.2, 0.25) is 5.02 Å². The Morgan fingerprint density at radius 2 is 2.07 bits per heavy atom. The normalized spacial score (nSPS) is 15.9. The van der Waals surface area contributed by atoms with Gasteiger partial charge in [0.2, 0.25) is 11.5 Å². The summed E-state index contributed by atoms with van der Waals surface area (Å²) in [5, 5.41) is 0.491. The fourth-order valence-corrected chi connectivity index (χ4v) is 3.49. The SMILES string of the molecule is O=C(Oc1ccc2c(c1)OC(=Cc1cc(Cl)cc3c1OCOC3)C2=O)c1ccco1. The summed E-state index contributed by atoms with van der Waals surface area (Å²) in [6.45, 7) is 0.482. The lowest BCUT2D eigenvalue weighted by Crippen LogP contribution is -2.12. The molecular weight excluding hydrogens is 412 g/mol. The summed E-state index contributed by atoms with van der Waals surface area (Å²) in [6, 6.07) is 11.1. The zero-order valence-corrected chi connectivity index (χ0v) is 16.1. The van der Waals surface area contributed by atoms with E-state index in [-0.39, 0.29) is 35.6 Å². The number of furan rings is 1. The first kappa shape index (κ1) is 18.5. The summed E-state index contributed by atoms with van der Waals surface area (Å²) in [5.74, 6) is 0.348. The number of carbonyl (C=O) groups excluding carboxylic acids is 2. The minimum atomic E-state index is -0.648. The number of benzene rings is 2. The summed E-state index contributed by atoms with van der Waals surface area (Å²) in [4.78, 5) is 24.8. The highest BCUT2D eigenvalue weighted by molar-refractivity contribution is 6.31. The number of esters is 1. The molecule has 2 aliphatic rings. The van der Waals surface area contributed by atoms with Crippen molar-refractivity contribution in [2.75, 3.05) is 6.79 Å². The quantitative estimate of drug-likeness (QED) is 0.344. The first-order chi connectivity index (χ1) is 14.6. The molecule has 1 aromatic heterocycles. The first-order valence-electron chi connectivity index (χ1n) is 8.95. The van der Waals surface area contributed by atoms with E-state index in [1.807, 2.05) is 0 Å². The Labute approximate surface area is 175 Å². The number of carbonyl (C=O) groups is 2. The van der Waals surface area contributed by atoms with Gasteiger partial charge in [0.15, 0.2) is 12.6 Å². The van der Waals surface area contributed by atoms with Gasteiger partial charge in [0.25, 0.3) is 0 Å². The molecule has 3 aromatic rings. The molecule has 0 unspecified atom stereocenters. The summed E-state index contributed by atoms with van der Waals surface area (Å²) in [5.41, 5.74) is 1.76. The molecule has 0 aliphatic carbocycles. The number of hydrogen-bond donors (Lipinski definition) is 0. The summed E-state index contributed by atoms with van der Waals surface area (Å²) >= 11 is 6.18. The van der Waals surface area contributed by atoms with E-state index in [0.717, 1.165) is 5.56 Å². The van der Waals surface area contributed by atoms with Crippen LogP contribution in [0, 0.1) is 0 Å². The Balaban J connectivity index is 1.43. The summed E-state index contributed by atoms with van der Waals surface area (Å²) < 4.78 is 26.9. The molecule has 3 heterocycles. The van der Waals surface area contributed by atoms with Crippen LogP contribution in [-0.2, 0) is 11.3 Å². The van der Waals surface area contributed by atoms with Gasteiger partial charge >= 0.3 is 5.97 Å². The van der Waals surface area contributed by atoms with E-state index in [0.29, 0.717) is 28.5 Å². The Morgan fingerprint density at radius 3 is 2.90 bits per heavy atom. The molecule has 0 atom stereocenters. The topological polar surface area (TPSA) is 84.2 Å². The zero-order valence-electron chi connectivity index (χ0n) is 15.3. The predicted molar refractivity (Wildman–Crippen MR) is 105 cm³/mol. The smallest absolute Gasteiger partial charge is 0.379 e. The Kier molecular flexibility index (Phi) is 4.54. The fourth-order valence-electron chi connectivity index (χ4n) is 3.24. The molecule has 0 spiro atoms. The average Bonchev–Trinajstić information content (AvgIpc) is 3.37. The summed E-state index contributed by atoms with van der Waals surface area (Å²) in [7, 11) is 0. The van der Waals surface area contributed by atoms with E-state index in [1.54, 1.807) is 30.3 Å². The van der Waals surface area contributed by atoms with Crippen LogP contribution in [-0.4, -0.2) is 18.5 Å². The van der Waals surface area contributed by atoms with Crippen LogP contribution < -0.4 is 14.2 Å². The Morgan fingerprint density at radius 1 is 1.17 bits per heavy atom. The zero-order chi connectivity index (χ0) is 20.7. The second-order valence-corrected chi connectivity index (χ2v) is 6.99. The van der Waals surface area contributed by atoms with Crippen molar-refractivity contribution in [1.82, 2.24) is 0 Å². The second-order valence-electron chi connectivity index (χ2n) is 6.56. The number of allylic oxidation sites excluding steroid dienone is 1. The molecule has 150 valence electrons. The molecule has 30 heavy (non-hydrogen) atoms. The van der Waals surface area contributed by atoms with Gasteiger partial charge in [0, 0.05) is 22.2 Å². The lowest BCUT2D eigenvalue weighted by molar-refractivity contribution is -0.0165. The van der Waals surface area contributed by atoms with Crippen LogP contribution in [0.5, 0.6) is 17.2 Å². The third kappa shape index (κ3) is 3.34.